The van der Waals surface area contributed by atoms with E-state index in [1.54, 1.807) is 11.8 Å². The maximum absolute atomic E-state index is 11.3. The van der Waals surface area contributed by atoms with Crippen LogP contribution in [0.3, 0.4) is 0 Å². The number of hydrogen-bond donors (Lipinski definition) is 1. The van der Waals surface area contributed by atoms with Crippen molar-refractivity contribution in [2.24, 2.45) is 18.7 Å². The zero-order chi connectivity index (χ0) is 13.2. The van der Waals surface area contributed by atoms with Crippen molar-refractivity contribution in [1.29, 1.82) is 0 Å². The lowest BCUT2D eigenvalue weighted by Crippen LogP contribution is -2.07. The minimum Gasteiger partial charge on any atom is -0.324 e. The van der Waals surface area contributed by atoms with E-state index in [1.807, 2.05) is 11.6 Å². The van der Waals surface area contributed by atoms with Crippen molar-refractivity contribution in [1.82, 2.24) is 14.8 Å². The van der Waals surface area contributed by atoms with Gasteiger partial charge < -0.3 is 10.3 Å². The Morgan fingerprint density at radius 2 is 2.28 bits per heavy atom. The van der Waals surface area contributed by atoms with Crippen molar-refractivity contribution in [3.8, 4) is 0 Å². The van der Waals surface area contributed by atoms with E-state index in [-0.39, 0.29) is 0 Å². The van der Waals surface area contributed by atoms with E-state index in [0.717, 1.165) is 29.6 Å². The molecule has 6 nitrogen and oxygen atoms in total. The number of sulfone groups is 1. The van der Waals surface area contributed by atoms with Gasteiger partial charge in [-0.05, 0) is 18.8 Å². The quantitative estimate of drug-likeness (QED) is 0.779. The summed E-state index contributed by atoms with van der Waals surface area (Å²) in [7, 11) is -0.864. The van der Waals surface area contributed by atoms with Crippen LogP contribution in [-0.2, 0) is 23.4 Å². The highest BCUT2D eigenvalue weighted by Gasteiger charge is 2.27. The van der Waals surface area contributed by atoms with E-state index in [2.05, 4.69) is 10.2 Å². The van der Waals surface area contributed by atoms with Crippen LogP contribution < -0.4 is 5.73 Å². The third kappa shape index (κ3) is 3.24. The number of nitrogens with two attached hydrogens (primary N) is 1. The molecule has 1 fully saturated rings. The first-order valence-electron chi connectivity index (χ1n) is 5.93. The van der Waals surface area contributed by atoms with Gasteiger partial charge in [-0.2, -0.15) is 0 Å². The normalized spacial score (nSPS) is 22.4. The Bertz CT molecular complexity index is 512. The van der Waals surface area contributed by atoms with Crippen LogP contribution in [-0.4, -0.2) is 40.4 Å². The third-order valence-corrected chi connectivity index (χ3v) is 6.08. The fourth-order valence-electron chi connectivity index (χ4n) is 2.07. The second-order valence-electron chi connectivity index (χ2n) is 4.57. The average Bonchev–Trinajstić information content (AvgIpc) is 2.83. The molecule has 1 atom stereocenters. The average molecular weight is 290 g/mol. The molecule has 0 aromatic carbocycles. The SMILES string of the molecule is Cn1c(CN)nnc1SCC[C@H]1CCS(=O)(=O)C1. The van der Waals surface area contributed by atoms with Gasteiger partial charge in [-0.15, -0.1) is 10.2 Å². The summed E-state index contributed by atoms with van der Waals surface area (Å²) in [6.07, 6.45) is 1.71. The molecule has 0 spiro atoms. The number of aromatic nitrogens is 3. The van der Waals surface area contributed by atoms with Crippen molar-refractivity contribution < 1.29 is 8.42 Å². The first kappa shape index (κ1) is 13.8. The summed E-state index contributed by atoms with van der Waals surface area (Å²) in [5.74, 6) is 2.64. The predicted molar refractivity (Wildman–Crippen MR) is 71.0 cm³/mol. The van der Waals surface area contributed by atoms with Crippen LogP contribution in [0.2, 0.25) is 0 Å². The highest BCUT2D eigenvalue weighted by atomic mass is 32.2. The largest absolute Gasteiger partial charge is 0.324 e. The molecule has 18 heavy (non-hydrogen) atoms. The first-order chi connectivity index (χ1) is 8.52. The first-order valence-corrected chi connectivity index (χ1v) is 8.74. The predicted octanol–water partition coefficient (Wildman–Crippen LogP) is 0.191. The third-order valence-electron chi connectivity index (χ3n) is 3.19. The summed E-state index contributed by atoms with van der Waals surface area (Å²) >= 11 is 1.61. The molecule has 0 amide bonds. The van der Waals surface area contributed by atoms with Crippen molar-refractivity contribution >= 4 is 21.6 Å². The molecule has 2 heterocycles. The van der Waals surface area contributed by atoms with Gasteiger partial charge in [-0.1, -0.05) is 11.8 Å². The van der Waals surface area contributed by atoms with Gasteiger partial charge >= 0.3 is 0 Å². The van der Waals surface area contributed by atoms with E-state index >= 15 is 0 Å². The molecule has 1 saturated heterocycles. The molecule has 0 aliphatic carbocycles. The van der Waals surface area contributed by atoms with Crippen LogP contribution in [0.5, 0.6) is 0 Å². The number of nitrogens with zero attached hydrogens (tertiary/aromatic N) is 3. The van der Waals surface area contributed by atoms with Crippen LogP contribution in [0.15, 0.2) is 5.16 Å². The summed E-state index contributed by atoms with van der Waals surface area (Å²) < 4.78 is 24.5. The highest BCUT2D eigenvalue weighted by Crippen LogP contribution is 2.25. The molecule has 1 aliphatic heterocycles. The molecule has 1 aromatic rings. The van der Waals surface area contributed by atoms with Gasteiger partial charge in [0.25, 0.3) is 0 Å². The summed E-state index contributed by atoms with van der Waals surface area (Å²) in [6, 6.07) is 0. The van der Waals surface area contributed by atoms with Crippen LogP contribution >= 0.6 is 11.8 Å². The Labute approximate surface area is 111 Å². The van der Waals surface area contributed by atoms with Crippen molar-refractivity contribution in [3.05, 3.63) is 5.82 Å². The van der Waals surface area contributed by atoms with Gasteiger partial charge in [0.15, 0.2) is 15.0 Å². The van der Waals surface area contributed by atoms with Gasteiger partial charge in [0.2, 0.25) is 0 Å². The van der Waals surface area contributed by atoms with Crippen LogP contribution in [0.25, 0.3) is 0 Å². The molecular weight excluding hydrogens is 272 g/mol. The summed E-state index contributed by atoms with van der Waals surface area (Å²) in [6.45, 7) is 0.380. The lowest BCUT2D eigenvalue weighted by molar-refractivity contribution is 0.573. The lowest BCUT2D eigenvalue weighted by Gasteiger charge is -2.06. The van der Waals surface area contributed by atoms with Crippen LogP contribution in [0.4, 0.5) is 0 Å². The summed E-state index contributed by atoms with van der Waals surface area (Å²) in [4.78, 5) is 0. The zero-order valence-electron chi connectivity index (χ0n) is 10.4. The molecule has 102 valence electrons. The maximum atomic E-state index is 11.3. The maximum Gasteiger partial charge on any atom is 0.190 e. The topological polar surface area (TPSA) is 90.9 Å². The van der Waals surface area contributed by atoms with E-state index in [9.17, 15) is 8.42 Å². The van der Waals surface area contributed by atoms with Gasteiger partial charge in [0.05, 0.1) is 18.1 Å². The van der Waals surface area contributed by atoms with Crippen LogP contribution in [0, 0.1) is 5.92 Å². The van der Waals surface area contributed by atoms with E-state index in [1.165, 1.54) is 0 Å². The summed E-state index contributed by atoms with van der Waals surface area (Å²) in [5.41, 5.74) is 5.52. The lowest BCUT2D eigenvalue weighted by atomic mass is 10.1. The number of rotatable bonds is 5. The van der Waals surface area contributed by atoms with Crippen molar-refractivity contribution in [2.45, 2.75) is 24.5 Å². The molecule has 1 aromatic heterocycles. The van der Waals surface area contributed by atoms with E-state index < -0.39 is 9.84 Å². The Morgan fingerprint density at radius 1 is 1.50 bits per heavy atom. The van der Waals surface area contributed by atoms with E-state index in [4.69, 9.17) is 5.73 Å². The minimum absolute atomic E-state index is 0.310. The highest BCUT2D eigenvalue weighted by molar-refractivity contribution is 7.99. The Balaban J connectivity index is 1.80. The smallest absolute Gasteiger partial charge is 0.190 e. The van der Waals surface area contributed by atoms with Crippen molar-refractivity contribution in [3.63, 3.8) is 0 Å². The number of thioether (sulfide) groups is 1. The Morgan fingerprint density at radius 3 is 2.83 bits per heavy atom. The molecule has 2 rings (SSSR count). The van der Waals surface area contributed by atoms with E-state index in [0.29, 0.717) is 24.0 Å². The fraction of sp³-hybridized carbons (Fsp3) is 0.800. The Kier molecular flexibility index (Phi) is 4.29. The Hall–Kier alpha value is -0.600. The fourth-order valence-corrected chi connectivity index (χ4v) is 5.01. The van der Waals surface area contributed by atoms with Crippen LogP contribution in [0.1, 0.15) is 18.7 Å². The second kappa shape index (κ2) is 5.58. The summed E-state index contributed by atoms with van der Waals surface area (Å²) in [5, 5.41) is 8.88. The van der Waals surface area contributed by atoms with Gasteiger partial charge in [-0.25, -0.2) is 8.42 Å². The molecular formula is C10H18N4O2S2. The molecule has 0 bridgehead atoms. The second-order valence-corrected chi connectivity index (χ2v) is 7.86. The van der Waals surface area contributed by atoms with Gasteiger partial charge in [-0.3, -0.25) is 0 Å². The van der Waals surface area contributed by atoms with Gasteiger partial charge in [0, 0.05) is 12.8 Å². The molecule has 2 N–H and O–H groups in total. The zero-order valence-corrected chi connectivity index (χ0v) is 12.0. The molecule has 0 radical (unpaired) electrons. The molecule has 1 aliphatic rings. The standard InChI is InChI=1S/C10H18N4O2S2/c1-14-9(6-11)12-13-10(14)17-4-2-8-3-5-18(15,16)7-8/h8H,2-7,11H2,1H3/t8-/m0/s1. The van der Waals surface area contributed by atoms with Crippen molar-refractivity contribution in [2.75, 3.05) is 17.3 Å². The number of hydrogen-bond acceptors (Lipinski definition) is 6. The molecule has 0 saturated carbocycles. The van der Waals surface area contributed by atoms with Gasteiger partial charge in [0.1, 0.15) is 5.82 Å². The monoisotopic (exact) mass is 290 g/mol. The molecule has 0 unspecified atom stereocenters. The minimum atomic E-state index is -2.76. The molecule has 8 heteroatoms.